The van der Waals surface area contributed by atoms with Crippen LogP contribution in [0.2, 0.25) is 19.6 Å². The van der Waals surface area contributed by atoms with Gasteiger partial charge in [0.05, 0.1) is 8.07 Å². The van der Waals surface area contributed by atoms with Crippen molar-refractivity contribution in [2.75, 3.05) is 0 Å². The number of hydrogen-bond donors (Lipinski definition) is 0. The van der Waals surface area contributed by atoms with Crippen LogP contribution in [0.15, 0.2) is 30.8 Å². The third-order valence-electron chi connectivity index (χ3n) is 2.98. The molecule has 0 heterocycles. The molecule has 0 aliphatic heterocycles. The van der Waals surface area contributed by atoms with E-state index in [1.807, 2.05) is 6.08 Å². The van der Waals surface area contributed by atoms with Gasteiger partial charge >= 0.3 is 0 Å². The maximum Gasteiger partial charge on any atom is 0.0518 e. The Kier molecular flexibility index (Phi) is 3.32. The molecule has 1 rings (SSSR count). The normalized spacial score (nSPS) is 13.7. The molecule has 0 saturated carbocycles. The summed E-state index contributed by atoms with van der Waals surface area (Å²) in [6, 6.07) is 8.59. The van der Waals surface area contributed by atoms with Crippen molar-refractivity contribution in [1.29, 1.82) is 0 Å². The lowest BCUT2D eigenvalue weighted by atomic mass is 10.1. The van der Waals surface area contributed by atoms with Crippen LogP contribution in [0, 0.1) is 0 Å². The van der Waals surface area contributed by atoms with E-state index in [1.54, 1.807) is 0 Å². The first kappa shape index (κ1) is 11.3. The minimum atomic E-state index is -1.10. The van der Waals surface area contributed by atoms with Gasteiger partial charge in [-0.2, -0.15) is 0 Å². The fourth-order valence-electron chi connectivity index (χ4n) is 1.56. The second kappa shape index (κ2) is 4.14. The summed E-state index contributed by atoms with van der Waals surface area (Å²) >= 11 is 0. The summed E-state index contributed by atoms with van der Waals surface area (Å²) in [6.07, 6.45) is 1.96. The van der Waals surface area contributed by atoms with Crippen LogP contribution in [0.4, 0.5) is 0 Å². The quantitative estimate of drug-likeness (QED) is 0.644. The van der Waals surface area contributed by atoms with E-state index in [4.69, 9.17) is 0 Å². The largest absolute Gasteiger partial charge is 0.0985 e. The van der Waals surface area contributed by atoms with Gasteiger partial charge in [-0.1, -0.05) is 63.5 Å². The summed E-state index contributed by atoms with van der Waals surface area (Å²) < 4.78 is 0. The van der Waals surface area contributed by atoms with Crippen molar-refractivity contribution in [3.8, 4) is 0 Å². The van der Waals surface area contributed by atoms with E-state index >= 15 is 0 Å². The molecule has 1 heteroatoms. The van der Waals surface area contributed by atoms with E-state index in [-0.39, 0.29) is 0 Å². The molecule has 14 heavy (non-hydrogen) atoms. The molecule has 0 amide bonds. The fraction of sp³-hybridized carbons (Fsp3) is 0.385. The standard InChI is InChI=1S/C13H20Si/c1-6-12-9-7-8-10-13(12)11(2)14(3,4)5/h6-11H,1H2,2-5H3. The minimum Gasteiger partial charge on any atom is -0.0985 e. The predicted octanol–water partition coefficient (Wildman–Crippen LogP) is 4.31. The Morgan fingerprint density at radius 3 is 2.29 bits per heavy atom. The predicted molar refractivity (Wildman–Crippen MR) is 68.3 cm³/mol. The Hall–Kier alpha value is -0.823. The highest BCUT2D eigenvalue weighted by atomic mass is 28.3. The molecule has 1 atom stereocenters. The van der Waals surface area contributed by atoms with E-state index in [1.165, 1.54) is 11.1 Å². The van der Waals surface area contributed by atoms with E-state index < -0.39 is 8.07 Å². The van der Waals surface area contributed by atoms with Gasteiger partial charge in [-0.05, 0) is 16.7 Å². The van der Waals surface area contributed by atoms with Crippen molar-refractivity contribution < 1.29 is 0 Å². The molecule has 0 radical (unpaired) electrons. The highest BCUT2D eigenvalue weighted by molar-refractivity contribution is 6.77. The van der Waals surface area contributed by atoms with Crippen molar-refractivity contribution in [1.82, 2.24) is 0 Å². The van der Waals surface area contributed by atoms with Crippen LogP contribution in [-0.4, -0.2) is 8.07 Å². The molecule has 0 N–H and O–H groups in total. The lowest BCUT2D eigenvalue weighted by Crippen LogP contribution is -2.29. The molecule has 0 fully saturated rings. The maximum absolute atomic E-state index is 3.87. The topological polar surface area (TPSA) is 0 Å². The van der Waals surface area contributed by atoms with Gasteiger partial charge < -0.3 is 0 Å². The lowest BCUT2D eigenvalue weighted by Gasteiger charge is -2.26. The molecule has 0 bridgehead atoms. The average Bonchev–Trinajstić information content (AvgIpc) is 2.15. The summed E-state index contributed by atoms with van der Waals surface area (Å²) in [5, 5.41) is 0. The Morgan fingerprint density at radius 1 is 1.21 bits per heavy atom. The zero-order chi connectivity index (χ0) is 10.8. The Labute approximate surface area is 88.7 Å². The van der Waals surface area contributed by atoms with Gasteiger partial charge in [0, 0.05) is 0 Å². The Morgan fingerprint density at radius 2 is 1.79 bits per heavy atom. The highest BCUT2D eigenvalue weighted by Gasteiger charge is 2.24. The molecule has 0 spiro atoms. The third-order valence-corrected chi connectivity index (χ3v) is 5.89. The van der Waals surface area contributed by atoms with Crippen LogP contribution in [-0.2, 0) is 0 Å². The van der Waals surface area contributed by atoms with Crippen molar-refractivity contribution in [2.45, 2.75) is 32.1 Å². The minimum absolute atomic E-state index is 0.691. The molecule has 0 aliphatic rings. The lowest BCUT2D eigenvalue weighted by molar-refractivity contribution is 1.01. The second-order valence-corrected chi connectivity index (χ2v) is 10.5. The first-order valence-corrected chi connectivity index (χ1v) is 8.76. The first-order valence-electron chi connectivity index (χ1n) is 5.18. The summed E-state index contributed by atoms with van der Waals surface area (Å²) in [5.41, 5.74) is 3.45. The second-order valence-electron chi connectivity index (χ2n) is 4.92. The maximum atomic E-state index is 3.87. The van der Waals surface area contributed by atoms with E-state index in [0.717, 1.165) is 0 Å². The van der Waals surface area contributed by atoms with Crippen LogP contribution in [0.25, 0.3) is 6.08 Å². The summed E-state index contributed by atoms with van der Waals surface area (Å²) in [4.78, 5) is 0. The highest BCUT2D eigenvalue weighted by Crippen LogP contribution is 2.29. The number of hydrogen-bond acceptors (Lipinski definition) is 0. The molecule has 1 unspecified atom stereocenters. The third kappa shape index (κ3) is 2.35. The molecule has 0 nitrogen and oxygen atoms in total. The average molecular weight is 204 g/mol. The van der Waals surface area contributed by atoms with Gasteiger partial charge in [-0.25, -0.2) is 0 Å². The molecule has 1 aromatic carbocycles. The van der Waals surface area contributed by atoms with Gasteiger partial charge in [0.2, 0.25) is 0 Å². The molecule has 0 aliphatic carbocycles. The molecule has 0 aromatic heterocycles. The molecule has 1 aromatic rings. The summed E-state index contributed by atoms with van der Waals surface area (Å²) in [6.45, 7) is 13.5. The zero-order valence-electron chi connectivity index (χ0n) is 9.67. The van der Waals surface area contributed by atoms with Crippen LogP contribution in [0.5, 0.6) is 0 Å². The van der Waals surface area contributed by atoms with Crippen LogP contribution >= 0.6 is 0 Å². The zero-order valence-corrected chi connectivity index (χ0v) is 10.7. The molecule has 76 valence electrons. The summed E-state index contributed by atoms with van der Waals surface area (Å²) in [5.74, 6) is 0. The van der Waals surface area contributed by atoms with Crippen molar-refractivity contribution in [3.63, 3.8) is 0 Å². The van der Waals surface area contributed by atoms with Crippen molar-refractivity contribution >= 4 is 14.1 Å². The fourth-order valence-corrected chi connectivity index (χ4v) is 2.75. The SMILES string of the molecule is C=Cc1ccccc1C(C)[Si](C)(C)C. The van der Waals surface area contributed by atoms with Gasteiger partial charge in [0.25, 0.3) is 0 Å². The van der Waals surface area contributed by atoms with Crippen molar-refractivity contribution in [3.05, 3.63) is 42.0 Å². The molecular formula is C13H20Si. The van der Waals surface area contributed by atoms with Gasteiger partial charge in [-0.3, -0.25) is 0 Å². The van der Waals surface area contributed by atoms with Crippen LogP contribution < -0.4 is 0 Å². The van der Waals surface area contributed by atoms with E-state index in [9.17, 15) is 0 Å². The first-order chi connectivity index (χ1) is 6.46. The summed E-state index contributed by atoms with van der Waals surface area (Å²) in [7, 11) is -1.10. The van der Waals surface area contributed by atoms with E-state index in [0.29, 0.717) is 5.54 Å². The van der Waals surface area contributed by atoms with Gasteiger partial charge in [0.1, 0.15) is 0 Å². The molecule has 0 saturated heterocycles. The molecular weight excluding hydrogens is 184 g/mol. The Bertz CT molecular complexity index is 320. The van der Waals surface area contributed by atoms with Crippen LogP contribution in [0.1, 0.15) is 23.6 Å². The monoisotopic (exact) mass is 204 g/mol. The van der Waals surface area contributed by atoms with Gasteiger partial charge in [-0.15, -0.1) is 0 Å². The van der Waals surface area contributed by atoms with Gasteiger partial charge in [0.15, 0.2) is 0 Å². The Balaban J connectivity index is 3.12. The van der Waals surface area contributed by atoms with E-state index in [2.05, 4.69) is 57.4 Å². The number of benzene rings is 1. The van der Waals surface area contributed by atoms with Crippen LogP contribution in [0.3, 0.4) is 0 Å². The van der Waals surface area contributed by atoms with Crippen molar-refractivity contribution in [2.24, 2.45) is 0 Å². The number of rotatable bonds is 3. The smallest absolute Gasteiger partial charge is 0.0518 e.